The van der Waals surface area contributed by atoms with Crippen LogP contribution in [-0.4, -0.2) is 20.5 Å². The third-order valence-corrected chi connectivity index (χ3v) is 3.89. The maximum atomic E-state index is 6.32. The average molecular weight is 340 g/mol. The van der Waals surface area contributed by atoms with Gasteiger partial charge in [0.2, 0.25) is 0 Å². The lowest BCUT2D eigenvalue weighted by Gasteiger charge is -2.22. The lowest BCUT2D eigenvalue weighted by Crippen LogP contribution is -2.19. The zero-order valence-corrected chi connectivity index (χ0v) is 14.1. The lowest BCUT2D eigenvalue weighted by molar-refractivity contribution is -0.0337. The highest BCUT2D eigenvalue weighted by atomic mass is 35.5. The minimum atomic E-state index is -0.168. The van der Waals surface area contributed by atoms with Crippen molar-refractivity contribution in [2.45, 2.75) is 13.0 Å². The molecule has 0 amide bonds. The predicted octanol–water partition coefficient (Wildman–Crippen LogP) is 5.08. The zero-order chi connectivity index (χ0) is 15.9. The Hall–Kier alpha value is -1.26. The van der Waals surface area contributed by atoms with Gasteiger partial charge in [-0.2, -0.15) is 0 Å². The van der Waals surface area contributed by atoms with Crippen LogP contribution < -0.4 is 5.32 Å². The number of halogens is 2. The molecule has 0 saturated heterocycles. The van der Waals surface area contributed by atoms with Gasteiger partial charge in [-0.05, 0) is 31.2 Å². The van der Waals surface area contributed by atoms with E-state index in [-0.39, 0.29) is 12.8 Å². The van der Waals surface area contributed by atoms with Crippen LogP contribution in [0.2, 0.25) is 10.0 Å². The Bertz CT molecular complexity index is 582. The molecule has 5 heteroatoms. The summed E-state index contributed by atoms with van der Waals surface area (Å²) in [6.07, 6.45) is 0. The molecule has 22 heavy (non-hydrogen) atoms. The smallest absolute Gasteiger partial charge is 0.146 e. The number of nitrogens with one attached hydrogen (secondary N) is 1. The van der Waals surface area contributed by atoms with Crippen LogP contribution >= 0.6 is 23.2 Å². The van der Waals surface area contributed by atoms with Crippen molar-refractivity contribution in [1.29, 1.82) is 0 Å². The van der Waals surface area contributed by atoms with E-state index in [2.05, 4.69) is 5.32 Å². The maximum absolute atomic E-state index is 6.32. The van der Waals surface area contributed by atoms with Crippen LogP contribution in [0, 0.1) is 6.92 Å². The van der Waals surface area contributed by atoms with Crippen molar-refractivity contribution >= 4 is 28.9 Å². The molecular weight excluding hydrogens is 321 g/mol. The van der Waals surface area contributed by atoms with E-state index in [0.29, 0.717) is 16.7 Å². The SMILES string of the molecule is COCOCC(Nc1ccc(C)cc1)c1c(Cl)cccc1Cl. The van der Waals surface area contributed by atoms with Crippen LogP contribution in [0.4, 0.5) is 5.69 Å². The van der Waals surface area contributed by atoms with Crippen molar-refractivity contribution < 1.29 is 9.47 Å². The number of aryl methyl sites for hydroxylation is 1. The van der Waals surface area contributed by atoms with Crippen LogP contribution in [0.15, 0.2) is 42.5 Å². The van der Waals surface area contributed by atoms with E-state index in [0.717, 1.165) is 11.3 Å². The fraction of sp³-hybridized carbons (Fsp3) is 0.294. The number of anilines is 1. The molecule has 0 fully saturated rings. The van der Waals surface area contributed by atoms with Crippen LogP contribution in [0.3, 0.4) is 0 Å². The van der Waals surface area contributed by atoms with Gasteiger partial charge in [-0.25, -0.2) is 0 Å². The Morgan fingerprint density at radius 3 is 2.27 bits per heavy atom. The normalized spacial score (nSPS) is 12.2. The van der Waals surface area contributed by atoms with Crippen molar-refractivity contribution in [2.24, 2.45) is 0 Å². The Labute approximate surface area is 141 Å². The maximum Gasteiger partial charge on any atom is 0.146 e. The monoisotopic (exact) mass is 339 g/mol. The van der Waals surface area contributed by atoms with E-state index < -0.39 is 0 Å². The molecule has 3 nitrogen and oxygen atoms in total. The average Bonchev–Trinajstić information content (AvgIpc) is 2.49. The van der Waals surface area contributed by atoms with Crippen molar-refractivity contribution in [3.05, 3.63) is 63.6 Å². The topological polar surface area (TPSA) is 30.5 Å². The summed E-state index contributed by atoms with van der Waals surface area (Å²) < 4.78 is 10.4. The number of benzene rings is 2. The summed E-state index contributed by atoms with van der Waals surface area (Å²) in [5, 5.41) is 4.63. The van der Waals surface area contributed by atoms with Gasteiger partial charge in [-0.15, -0.1) is 0 Å². The first-order valence-electron chi connectivity index (χ1n) is 6.95. The van der Waals surface area contributed by atoms with Gasteiger partial charge in [0.25, 0.3) is 0 Å². The second-order valence-corrected chi connectivity index (χ2v) is 5.79. The van der Waals surface area contributed by atoms with E-state index >= 15 is 0 Å². The highest BCUT2D eigenvalue weighted by Crippen LogP contribution is 2.32. The van der Waals surface area contributed by atoms with E-state index in [1.54, 1.807) is 7.11 Å². The minimum Gasteiger partial charge on any atom is -0.376 e. The number of methoxy groups -OCH3 is 1. The molecule has 1 N–H and O–H groups in total. The van der Waals surface area contributed by atoms with Crippen LogP contribution in [0.5, 0.6) is 0 Å². The fourth-order valence-corrected chi connectivity index (χ4v) is 2.80. The summed E-state index contributed by atoms with van der Waals surface area (Å²) in [7, 11) is 1.59. The molecule has 2 rings (SSSR count). The fourth-order valence-electron chi connectivity index (χ4n) is 2.14. The first-order valence-corrected chi connectivity index (χ1v) is 7.71. The molecule has 0 heterocycles. The summed E-state index contributed by atoms with van der Waals surface area (Å²) in [4.78, 5) is 0. The van der Waals surface area contributed by atoms with E-state index in [1.165, 1.54) is 5.56 Å². The third-order valence-electron chi connectivity index (χ3n) is 3.23. The van der Waals surface area contributed by atoms with E-state index in [9.17, 15) is 0 Å². The van der Waals surface area contributed by atoms with E-state index in [4.69, 9.17) is 32.7 Å². The van der Waals surface area contributed by atoms with Gasteiger partial charge in [0.05, 0.1) is 12.6 Å². The summed E-state index contributed by atoms with van der Waals surface area (Å²) in [6.45, 7) is 2.66. The molecule has 0 saturated carbocycles. The molecule has 0 aliphatic heterocycles. The zero-order valence-electron chi connectivity index (χ0n) is 12.6. The molecular formula is C17H19Cl2NO2. The molecule has 0 bridgehead atoms. The summed E-state index contributed by atoms with van der Waals surface area (Å²) >= 11 is 12.6. The van der Waals surface area contributed by atoms with Crippen LogP contribution in [0.1, 0.15) is 17.2 Å². The highest BCUT2D eigenvalue weighted by Gasteiger charge is 2.18. The molecule has 0 aliphatic carbocycles. The second kappa shape index (κ2) is 8.39. The van der Waals surface area contributed by atoms with E-state index in [1.807, 2.05) is 49.4 Å². The van der Waals surface area contributed by atoms with Crippen molar-refractivity contribution in [3.8, 4) is 0 Å². The first kappa shape index (κ1) is 17.1. The predicted molar refractivity (Wildman–Crippen MR) is 91.8 cm³/mol. The number of hydrogen-bond acceptors (Lipinski definition) is 3. The van der Waals surface area contributed by atoms with Crippen molar-refractivity contribution in [2.75, 3.05) is 25.8 Å². The van der Waals surface area contributed by atoms with Crippen LogP contribution in [-0.2, 0) is 9.47 Å². The molecule has 0 radical (unpaired) electrons. The van der Waals surface area contributed by atoms with Gasteiger partial charge >= 0.3 is 0 Å². The summed E-state index contributed by atoms with van der Waals surface area (Å²) in [5.41, 5.74) is 3.00. The lowest BCUT2D eigenvalue weighted by atomic mass is 10.1. The highest BCUT2D eigenvalue weighted by molar-refractivity contribution is 6.36. The first-order chi connectivity index (χ1) is 10.6. The largest absolute Gasteiger partial charge is 0.376 e. The molecule has 1 unspecified atom stereocenters. The molecule has 2 aromatic carbocycles. The van der Waals surface area contributed by atoms with Gasteiger partial charge in [-0.3, -0.25) is 0 Å². The van der Waals surface area contributed by atoms with Gasteiger partial charge in [-0.1, -0.05) is 47.0 Å². The minimum absolute atomic E-state index is 0.168. The number of rotatable bonds is 7. The van der Waals surface area contributed by atoms with Gasteiger partial charge < -0.3 is 14.8 Å². The van der Waals surface area contributed by atoms with Crippen molar-refractivity contribution in [3.63, 3.8) is 0 Å². The molecule has 0 aromatic heterocycles. The van der Waals surface area contributed by atoms with Gasteiger partial charge in [0.15, 0.2) is 0 Å². The standard InChI is InChI=1S/C17H19Cl2NO2/c1-12-6-8-13(9-7-12)20-16(10-22-11-21-2)17-14(18)4-3-5-15(17)19/h3-9,16,20H,10-11H2,1-2H3. The summed E-state index contributed by atoms with van der Waals surface area (Å²) in [6, 6.07) is 13.4. The van der Waals surface area contributed by atoms with Gasteiger partial charge in [0, 0.05) is 28.4 Å². The number of ether oxygens (including phenoxy) is 2. The Kier molecular flexibility index (Phi) is 6.52. The molecule has 0 spiro atoms. The Morgan fingerprint density at radius 2 is 1.68 bits per heavy atom. The van der Waals surface area contributed by atoms with Crippen LogP contribution in [0.25, 0.3) is 0 Å². The Balaban J connectivity index is 2.23. The summed E-state index contributed by atoms with van der Waals surface area (Å²) in [5.74, 6) is 0. The second-order valence-electron chi connectivity index (χ2n) is 4.98. The molecule has 1 atom stereocenters. The van der Waals surface area contributed by atoms with Crippen molar-refractivity contribution in [1.82, 2.24) is 0 Å². The quantitative estimate of drug-likeness (QED) is 0.563. The molecule has 118 valence electrons. The molecule has 0 aliphatic rings. The van der Waals surface area contributed by atoms with Gasteiger partial charge in [0.1, 0.15) is 6.79 Å². The third kappa shape index (κ3) is 4.62. The molecule has 2 aromatic rings. The number of hydrogen-bond donors (Lipinski definition) is 1. The Morgan fingerprint density at radius 1 is 1.05 bits per heavy atom.